The van der Waals surface area contributed by atoms with Crippen LogP contribution in [0.1, 0.15) is 18.4 Å². The van der Waals surface area contributed by atoms with Gasteiger partial charge in [0.25, 0.3) is 0 Å². The zero-order chi connectivity index (χ0) is 18.7. The number of anilines is 1. The molecule has 26 heavy (non-hydrogen) atoms. The Balaban J connectivity index is 1.73. The summed E-state index contributed by atoms with van der Waals surface area (Å²) >= 11 is 6.11. The van der Waals surface area contributed by atoms with Crippen LogP contribution in [-0.4, -0.2) is 26.8 Å². The van der Waals surface area contributed by atoms with Crippen molar-refractivity contribution in [2.45, 2.75) is 19.4 Å². The minimum atomic E-state index is -1.01. The summed E-state index contributed by atoms with van der Waals surface area (Å²) in [6.07, 6.45) is 5.69. The quantitative estimate of drug-likeness (QED) is 0.783. The van der Waals surface area contributed by atoms with Crippen LogP contribution >= 0.6 is 11.6 Å². The van der Waals surface area contributed by atoms with E-state index in [1.165, 1.54) is 16.9 Å². The smallest absolute Gasteiger partial charge is 0.307 e. The molecule has 8 heteroatoms. The van der Waals surface area contributed by atoms with Crippen LogP contribution in [0.5, 0.6) is 0 Å². The minimum Gasteiger partial charge on any atom is -0.481 e. The third-order valence-electron chi connectivity index (χ3n) is 4.34. The zero-order valence-electron chi connectivity index (χ0n) is 13.7. The fourth-order valence-electron chi connectivity index (χ4n) is 2.95. The summed E-state index contributed by atoms with van der Waals surface area (Å²) in [4.78, 5) is 23.8. The number of amides is 1. The molecule has 1 aliphatic carbocycles. The van der Waals surface area contributed by atoms with Crippen molar-refractivity contribution in [3.05, 3.63) is 59.0 Å². The number of benzene rings is 1. The van der Waals surface area contributed by atoms with E-state index >= 15 is 0 Å². The Bertz CT molecular complexity index is 865. The maximum Gasteiger partial charge on any atom is 0.307 e. The number of nitrogens with one attached hydrogen (secondary N) is 1. The maximum absolute atomic E-state index is 13.7. The van der Waals surface area contributed by atoms with E-state index in [-0.39, 0.29) is 23.2 Å². The van der Waals surface area contributed by atoms with Crippen LogP contribution < -0.4 is 5.32 Å². The van der Waals surface area contributed by atoms with E-state index in [0.29, 0.717) is 18.4 Å². The van der Waals surface area contributed by atoms with E-state index in [0.717, 1.165) is 0 Å². The van der Waals surface area contributed by atoms with E-state index in [1.807, 2.05) is 0 Å². The maximum atomic E-state index is 13.7. The molecule has 1 aromatic carbocycles. The van der Waals surface area contributed by atoms with Crippen molar-refractivity contribution in [3.8, 4) is 0 Å². The molecule has 2 unspecified atom stereocenters. The summed E-state index contributed by atoms with van der Waals surface area (Å²) in [6, 6.07) is 6.30. The minimum absolute atomic E-state index is 0.131. The van der Waals surface area contributed by atoms with Crippen molar-refractivity contribution in [3.63, 3.8) is 0 Å². The molecule has 1 aliphatic rings. The molecule has 2 atom stereocenters. The Morgan fingerprint density at radius 1 is 1.27 bits per heavy atom. The van der Waals surface area contributed by atoms with E-state index in [9.17, 15) is 19.1 Å². The average molecular weight is 378 g/mol. The van der Waals surface area contributed by atoms with Crippen LogP contribution in [0.2, 0.25) is 5.02 Å². The second-order valence-corrected chi connectivity index (χ2v) is 6.51. The predicted octanol–water partition coefficient (Wildman–Crippen LogP) is 3.33. The van der Waals surface area contributed by atoms with Crippen LogP contribution in [0.25, 0.3) is 0 Å². The average Bonchev–Trinajstić information content (AvgIpc) is 2.96. The number of carboxylic acid groups (broad SMARTS) is 1. The molecule has 1 amide bonds. The first kappa shape index (κ1) is 18.1. The molecule has 3 rings (SSSR count). The largest absolute Gasteiger partial charge is 0.481 e. The van der Waals surface area contributed by atoms with Gasteiger partial charge in [-0.15, -0.1) is 0 Å². The van der Waals surface area contributed by atoms with Gasteiger partial charge in [0, 0.05) is 11.8 Å². The summed E-state index contributed by atoms with van der Waals surface area (Å²) in [5, 5.41) is 16.2. The van der Waals surface area contributed by atoms with Gasteiger partial charge in [0.05, 0.1) is 18.4 Å². The summed E-state index contributed by atoms with van der Waals surface area (Å²) in [5.74, 6) is -3.15. The van der Waals surface area contributed by atoms with E-state index in [1.54, 1.807) is 30.4 Å². The molecule has 1 aromatic heterocycles. The summed E-state index contributed by atoms with van der Waals surface area (Å²) < 4.78 is 15.2. The van der Waals surface area contributed by atoms with Crippen molar-refractivity contribution in [1.29, 1.82) is 0 Å². The molecule has 136 valence electrons. The van der Waals surface area contributed by atoms with Gasteiger partial charge in [0.2, 0.25) is 5.91 Å². The molecule has 1 heterocycles. The van der Waals surface area contributed by atoms with Gasteiger partial charge in [0.15, 0.2) is 5.82 Å². The van der Waals surface area contributed by atoms with E-state index < -0.39 is 23.7 Å². The molecular weight excluding hydrogens is 361 g/mol. The summed E-state index contributed by atoms with van der Waals surface area (Å²) in [5.41, 5.74) is 0.438. The molecule has 2 N–H and O–H groups in total. The number of nitrogens with zero attached hydrogens (tertiary/aromatic N) is 2. The third-order valence-corrected chi connectivity index (χ3v) is 4.61. The first-order chi connectivity index (χ1) is 12.5. The summed E-state index contributed by atoms with van der Waals surface area (Å²) in [6.45, 7) is 0.159. The molecule has 0 fully saturated rings. The predicted molar refractivity (Wildman–Crippen MR) is 94.4 cm³/mol. The highest BCUT2D eigenvalue weighted by molar-refractivity contribution is 6.33. The molecule has 0 saturated heterocycles. The lowest BCUT2D eigenvalue weighted by atomic mass is 9.82. The molecule has 0 bridgehead atoms. The van der Waals surface area contributed by atoms with Crippen LogP contribution in [-0.2, 0) is 16.1 Å². The van der Waals surface area contributed by atoms with Crippen molar-refractivity contribution >= 4 is 29.3 Å². The van der Waals surface area contributed by atoms with E-state index in [4.69, 9.17) is 11.6 Å². The van der Waals surface area contributed by atoms with Gasteiger partial charge < -0.3 is 10.4 Å². The first-order valence-corrected chi connectivity index (χ1v) is 8.48. The second kappa shape index (κ2) is 7.70. The number of carbonyl (C=O) groups is 2. The number of hydrogen-bond acceptors (Lipinski definition) is 3. The monoisotopic (exact) mass is 377 g/mol. The topological polar surface area (TPSA) is 84.2 Å². The highest BCUT2D eigenvalue weighted by Gasteiger charge is 2.34. The lowest BCUT2D eigenvalue weighted by molar-refractivity contribution is -0.146. The zero-order valence-corrected chi connectivity index (χ0v) is 14.5. The van der Waals surface area contributed by atoms with Gasteiger partial charge in [0.1, 0.15) is 10.8 Å². The Morgan fingerprint density at radius 2 is 1.96 bits per heavy atom. The van der Waals surface area contributed by atoms with Gasteiger partial charge in [-0.05, 0) is 18.9 Å². The lowest BCUT2D eigenvalue weighted by Gasteiger charge is -2.23. The molecule has 2 aromatic rings. The number of aliphatic carboxylic acids is 1. The fourth-order valence-corrected chi connectivity index (χ4v) is 3.15. The number of halogens is 2. The van der Waals surface area contributed by atoms with Crippen molar-refractivity contribution < 1.29 is 19.1 Å². The van der Waals surface area contributed by atoms with Gasteiger partial charge >= 0.3 is 5.97 Å². The highest BCUT2D eigenvalue weighted by atomic mass is 35.5. The molecule has 0 radical (unpaired) electrons. The van der Waals surface area contributed by atoms with Crippen LogP contribution in [0, 0.1) is 17.7 Å². The van der Waals surface area contributed by atoms with Crippen molar-refractivity contribution in [1.82, 2.24) is 9.78 Å². The number of allylic oxidation sites excluding steroid dienone is 2. The molecule has 0 spiro atoms. The van der Waals surface area contributed by atoms with Gasteiger partial charge in [-0.25, -0.2) is 4.39 Å². The SMILES string of the molecule is O=C(O)C1CC=CCC1C(=O)Nc1nn(Cc2ccccc2F)cc1Cl. The van der Waals surface area contributed by atoms with Crippen molar-refractivity contribution in [2.75, 3.05) is 5.32 Å². The molecular formula is C18H17ClFN3O3. The van der Waals surface area contributed by atoms with Gasteiger partial charge in [-0.3, -0.25) is 14.3 Å². The Hall–Kier alpha value is -2.67. The van der Waals surface area contributed by atoms with Crippen LogP contribution in [0.15, 0.2) is 42.6 Å². The van der Waals surface area contributed by atoms with Gasteiger partial charge in [-0.2, -0.15) is 5.10 Å². The van der Waals surface area contributed by atoms with E-state index in [2.05, 4.69) is 10.4 Å². The molecule has 0 saturated carbocycles. The first-order valence-electron chi connectivity index (χ1n) is 8.10. The standard InChI is InChI=1S/C18H17ClFN3O3/c19-14-10-23(9-11-5-1-4-8-15(11)20)22-16(14)21-17(24)12-6-2-3-7-13(12)18(25)26/h1-5,8,10,12-13H,6-7,9H2,(H,25,26)(H,21,22,24). The molecule has 0 aliphatic heterocycles. The number of carboxylic acids is 1. The van der Waals surface area contributed by atoms with Gasteiger partial charge in [-0.1, -0.05) is 42.0 Å². The number of carbonyl (C=O) groups excluding carboxylic acids is 1. The Labute approximate surface area is 154 Å². The van der Waals surface area contributed by atoms with Crippen molar-refractivity contribution in [2.24, 2.45) is 11.8 Å². The van der Waals surface area contributed by atoms with Crippen LogP contribution in [0.3, 0.4) is 0 Å². The Morgan fingerprint density at radius 3 is 2.65 bits per heavy atom. The number of rotatable bonds is 5. The highest BCUT2D eigenvalue weighted by Crippen LogP contribution is 2.28. The normalized spacial score (nSPS) is 19.3. The lowest BCUT2D eigenvalue weighted by Crippen LogP contribution is -2.34. The Kier molecular flexibility index (Phi) is 5.37. The fraction of sp³-hybridized carbons (Fsp3) is 0.278. The van der Waals surface area contributed by atoms with Crippen LogP contribution in [0.4, 0.5) is 10.2 Å². The number of hydrogen-bond donors (Lipinski definition) is 2. The molecule has 6 nitrogen and oxygen atoms in total. The number of aromatic nitrogens is 2. The summed E-state index contributed by atoms with van der Waals surface area (Å²) in [7, 11) is 0. The second-order valence-electron chi connectivity index (χ2n) is 6.10. The third kappa shape index (κ3) is 3.94.